The molecule has 7 heteroatoms. The molecule has 0 radical (unpaired) electrons. The molecule has 0 unspecified atom stereocenters. The number of aromatic nitrogens is 2. The van der Waals surface area contributed by atoms with E-state index in [9.17, 15) is 13.2 Å². The van der Waals surface area contributed by atoms with Gasteiger partial charge in [-0.1, -0.05) is 31.2 Å². The number of esters is 1. The van der Waals surface area contributed by atoms with Gasteiger partial charge in [-0.25, -0.2) is 17.9 Å². The third kappa shape index (κ3) is 3.83. The van der Waals surface area contributed by atoms with Gasteiger partial charge in [0.1, 0.15) is 6.61 Å². The largest absolute Gasteiger partial charge is 0.457 e. The molecule has 6 nitrogen and oxygen atoms in total. The lowest BCUT2D eigenvalue weighted by molar-refractivity contribution is 0.0468. The number of sulfone groups is 1. The summed E-state index contributed by atoms with van der Waals surface area (Å²) in [5, 5.41) is 4.15. The molecule has 0 saturated carbocycles. The Morgan fingerprint density at radius 3 is 2.46 bits per heavy atom. The third-order valence-electron chi connectivity index (χ3n) is 3.90. The quantitative estimate of drug-likeness (QED) is 0.623. The van der Waals surface area contributed by atoms with Gasteiger partial charge in [-0.2, -0.15) is 5.10 Å². The number of ether oxygens (including phenoxy) is 1. The van der Waals surface area contributed by atoms with Crippen molar-refractivity contribution in [3.8, 4) is 5.69 Å². The molecule has 0 spiro atoms. The van der Waals surface area contributed by atoms with Crippen LogP contribution in [-0.2, 0) is 21.2 Å². The van der Waals surface area contributed by atoms with Crippen molar-refractivity contribution < 1.29 is 17.9 Å². The molecule has 0 atom stereocenters. The van der Waals surface area contributed by atoms with E-state index in [1.165, 1.54) is 12.1 Å². The summed E-state index contributed by atoms with van der Waals surface area (Å²) < 4.78 is 31.3. The minimum atomic E-state index is -3.50. The van der Waals surface area contributed by atoms with Crippen molar-refractivity contribution in [1.29, 1.82) is 0 Å². The highest BCUT2D eigenvalue weighted by Crippen LogP contribution is 2.19. The molecule has 1 aromatic heterocycles. The molecule has 0 bridgehead atoms. The monoisotopic (exact) mass is 370 g/mol. The SMILES string of the molecule is CCS(=O)(=O)c1ccccc1C(=O)OCc1ccc(-n2cccn2)cc1. The highest BCUT2D eigenvalue weighted by Gasteiger charge is 2.21. The summed E-state index contributed by atoms with van der Waals surface area (Å²) in [6.07, 6.45) is 3.53. The zero-order valence-corrected chi connectivity index (χ0v) is 15.0. The van der Waals surface area contributed by atoms with Crippen LogP contribution in [0.1, 0.15) is 22.8 Å². The third-order valence-corrected chi connectivity index (χ3v) is 5.68. The van der Waals surface area contributed by atoms with Crippen molar-refractivity contribution in [2.24, 2.45) is 0 Å². The van der Waals surface area contributed by atoms with Gasteiger partial charge < -0.3 is 4.74 Å². The Morgan fingerprint density at radius 2 is 1.81 bits per heavy atom. The number of nitrogens with zero attached hydrogens (tertiary/aromatic N) is 2. The maximum atomic E-state index is 12.4. The van der Waals surface area contributed by atoms with E-state index in [0.717, 1.165) is 11.3 Å². The Labute approximate surface area is 152 Å². The van der Waals surface area contributed by atoms with Gasteiger partial charge in [-0.3, -0.25) is 0 Å². The van der Waals surface area contributed by atoms with Crippen LogP contribution in [0.5, 0.6) is 0 Å². The molecule has 134 valence electrons. The first kappa shape index (κ1) is 17.9. The molecule has 1 heterocycles. The normalized spacial score (nSPS) is 11.3. The van der Waals surface area contributed by atoms with Crippen molar-refractivity contribution in [1.82, 2.24) is 9.78 Å². The lowest BCUT2D eigenvalue weighted by Gasteiger charge is -2.10. The molecule has 3 rings (SSSR count). The molecule has 0 amide bonds. The van der Waals surface area contributed by atoms with Crippen LogP contribution in [0.15, 0.2) is 71.9 Å². The standard InChI is InChI=1S/C19H18N2O4S/c1-2-26(23,24)18-7-4-3-6-17(18)19(22)25-14-15-8-10-16(11-9-15)21-13-5-12-20-21/h3-13H,2,14H2,1H3. The molecule has 0 aliphatic carbocycles. The summed E-state index contributed by atoms with van der Waals surface area (Å²) in [6.45, 7) is 1.59. The number of hydrogen-bond donors (Lipinski definition) is 0. The summed E-state index contributed by atoms with van der Waals surface area (Å²) in [5.74, 6) is -0.736. The second-order valence-electron chi connectivity index (χ2n) is 5.59. The molecule has 0 aliphatic heterocycles. The van der Waals surface area contributed by atoms with Crippen LogP contribution in [0.4, 0.5) is 0 Å². The minimum Gasteiger partial charge on any atom is -0.457 e. The van der Waals surface area contributed by atoms with Crippen LogP contribution in [0.2, 0.25) is 0 Å². The van der Waals surface area contributed by atoms with Gasteiger partial charge in [0.25, 0.3) is 0 Å². The Morgan fingerprint density at radius 1 is 1.08 bits per heavy atom. The van der Waals surface area contributed by atoms with Gasteiger partial charge >= 0.3 is 5.97 Å². The zero-order chi connectivity index (χ0) is 18.6. The predicted octanol–water partition coefficient (Wildman–Crippen LogP) is 3.02. The second kappa shape index (κ2) is 7.53. The molecule has 0 N–H and O–H groups in total. The van der Waals surface area contributed by atoms with E-state index >= 15 is 0 Å². The van der Waals surface area contributed by atoms with Crippen LogP contribution in [0.25, 0.3) is 5.69 Å². The fraction of sp³-hybridized carbons (Fsp3) is 0.158. The average Bonchev–Trinajstić information content (AvgIpc) is 3.21. The second-order valence-corrected chi connectivity index (χ2v) is 7.84. The summed E-state index contributed by atoms with van der Waals surface area (Å²) in [6, 6.07) is 15.3. The Bertz CT molecular complexity index is 994. The molecule has 0 fully saturated rings. The van der Waals surface area contributed by atoms with Crippen LogP contribution in [0, 0.1) is 0 Å². The van der Waals surface area contributed by atoms with E-state index in [1.54, 1.807) is 29.9 Å². The zero-order valence-electron chi connectivity index (χ0n) is 14.2. The molecule has 3 aromatic rings. The van der Waals surface area contributed by atoms with Crippen molar-refractivity contribution in [3.63, 3.8) is 0 Å². The minimum absolute atomic E-state index is 0.00142. The fourth-order valence-electron chi connectivity index (χ4n) is 2.46. The fourth-order valence-corrected chi connectivity index (χ4v) is 3.54. The number of benzene rings is 2. The van der Waals surface area contributed by atoms with Gasteiger partial charge in [-0.15, -0.1) is 0 Å². The molecule has 26 heavy (non-hydrogen) atoms. The highest BCUT2D eigenvalue weighted by atomic mass is 32.2. The summed E-state index contributed by atoms with van der Waals surface area (Å²) in [5.41, 5.74) is 1.75. The van der Waals surface area contributed by atoms with Crippen molar-refractivity contribution in [2.75, 3.05) is 5.75 Å². The Kier molecular flexibility index (Phi) is 5.18. The van der Waals surface area contributed by atoms with Crippen LogP contribution in [0.3, 0.4) is 0 Å². The van der Waals surface area contributed by atoms with Gasteiger partial charge in [-0.05, 0) is 35.9 Å². The number of carbonyl (C=O) groups excluding carboxylic acids is 1. The first-order valence-electron chi connectivity index (χ1n) is 8.09. The highest BCUT2D eigenvalue weighted by molar-refractivity contribution is 7.91. The average molecular weight is 370 g/mol. The van der Waals surface area contributed by atoms with Crippen molar-refractivity contribution in [3.05, 3.63) is 78.1 Å². The summed E-state index contributed by atoms with van der Waals surface area (Å²) in [4.78, 5) is 12.4. The Hall–Kier alpha value is -2.93. The van der Waals surface area contributed by atoms with Crippen molar-refractivity contribution in [2.45, 2.75) is 18.4 Å². The molecule has 0 aliphatic rings. The van der Waals surface area contributed by atoms with E-state index in [4.69, 9.17) is 4.74 Å². The molecule has 0 saturated heterocycles. The van der Waals surface area contributed by atoms with Gasteiger partial charge in [0.05, 0.1) is 21.9 Å². The summed E-state index contributed by atoms with van der Waals surface area (Å²) >= 11 is 0. The Balaban J connectivity index is 1.72. The number of hydrogen-bond acceptors (Lipinski definition) is 5. The van der Waals surface area contributed by atoms with E-state index in [1.807, 2.05) is 36.5 Å². The number of rotatable bonds is 6. The first-order valence-corrected chi connectivity index (χ1v) is 9.74. The first-order chi connectivity index (χ1) is 12.5. The van der Waals surface area contributed by atoms with E-state index in [-0.39, 0.29) is 22.8 Å². The van der Waals surface area contributed by atoms with Gasteiger partial charge in [0.15, 0.2) is 9.84 Å². The van der Waals surface area contributed by atoms with Gasteiger partial charge in [0, 0.05) is 12.4 Å². The molecule has 2 aromatic carbocycles. The van der Waals surface area contributed by atoms with E-state index in [2.05, 4.69) is 5.10 Å². The lowest BCUT2D eigenvalue weighted by atomic mass is 10.2. The molecular formula is C19H18N2O4S. The summed E-state index contributed by atoms with van der Waals surface area (Å²) in [7, 11) is -3.50. The van der Waals surface area contributed by atoms with Crippen molar-refractivity contribution >= 4 is 15.8 Å². The molecular weight excluding hydrogens is 352 g/mol. The maximum Gasteiger partial charge on any atom is 0.339 e. The number of carbonyl (C=O) groups is 1. The predicted molar refractivity (Wildman–Crippen MR) is 96.9 cm³/mol. The topological polar surface area (TPSA) is 78.3 Å². The van der Waals surface area contributed by atoms with Crippen LogP contribution < -0.4 is 0 Å². The lowest BCUT2D eigenvalue weighted by Crippen LogP contribution is -2.13. The van der Waals surface area contributed by atoms with E-state index < -0.39 is 15.8 Å². The van der Waals surface area contributed by atoms with E-state index in [0.29, 0.717) is 0 Å². The van der Waals surface area contributed by atoms with Crippen LogP contribution in [-0.4, -0.2) is 29.9 Å². The van der Waals surface area contributed by atoms with Crippen LogP contribution >= 0.6 is 0 Å². The van der Waals surface area contributed by atoms with Gasteiger partial charge in [0.2, 0.25) is 0 Å². The maximum absolute atomic E-state index is 12.4. The smallest absolute Gasteiger partial charge is 0.339 e.